The van der Waals surface area contributed by atoms with Crippen LogP contribution < -0.4 is 5.32 Å². The topological polar surface area (TPSA) is 72.9 Å². The van der Waals surface area contributed by atoms with Gasteiger partial charge in [0.1, 0.15) is 6.04 Å². The Bertz CT molecular complexity index is 430. The van der Waals surface area contributed by atoms with Gasteiger partial charge in [-0.15, -0.1) is 11.8 Å². The van der Waals surface area contributed by atoms with Crippen molar-refractivity contribution in [3.05, 3.63) is 0 Å². The lowest BCUT2D eigenvalue weighted by Crippen LogP contribution is -2.52. The Morgan fingerprint density at radius 2 is 2.10 bits per heavy atom. The molecule has 2 saturated heterocycles. The fourth-order valence-electron chi connectivity index (χ4n) is 3.25. The number of rotatable bonds is 4. The van der Waals surface area contributed by atoms with E-state index in [9.17, 15) is 14.7 Å². The number of hydrogen-bond acceptors (Lipinski definition) is 4. The van der Waals surface area contributed by atoms with Gasteiger partial charge in [-0.1, -0.05) is 0 Å². The highest BCUT2D eigenvalue weighted by atomic mass is 32.2. The Hall–Kier alpha value is -0.950. The largest absolute Gasteiger partial charge is 0.480 e. The van der Waals surface area contributed by atoms with Crippen LogP contribution in [0.4, 0.5) is 4.79 Å². The summed E-state index contributed by atoms with van der Waals surface area (Å²) in [6.07, 6.45) is 4.48. The lowest BCUT2D eigenvalue weighted by Gasteiger charge is -2.29. The van der Waals surface area contributed by atoms with Gasteiger partial charge in [-0.05, 0) is 45.2 Å². The Labute approximate surface area is 129 Å². The lowest BCUT2D eigenvalue weighted by atomic mass is 10.2. The summed E-state index contributed by atoms with van der Waals surface area (Å²) >= 11 is 1.62. The number of hydrogen-bond donors (Lipinski definition) is 2. The molecule has 0 radical (unpaired) electrons. The summed E-state index contributed by atoms with van der Waals surface area (Å²) in [6, 6.07) is -0.502. The number of nitrogens with zero attached hydrogens (tertiary/aromatic N) is 2. The molecule has 7 heteroatoms. The number of carbonyl (C=O) groups is 2. The second kappa shape index (κ2) is 6.04. The van der Waals surface area contributed by atoms with E-state index in [2.05, 4.69) is 17.3 Å². The molecule has 2 N–H and O–H groups in total. The first-order valence-electron chi connectivity index (χ1n) is 7.68. The van der Waals surface area contributed by atoms with Crippen LogP contribution in [0.3, 0.4) is 0 Å². The predicted molar refractivity (Wildman–Crippen MR) is 81.3 cm³/mol. The molecule has 2 amide bonds. The van der Waals surface area contributed by atoms with Crippen LogP contribution in [0, 0.1) is 5.92 Å². The third kappa shape index (κ3) is 3.13. The number of likely N-dealkylation sites (tertiary alicyclic amines) is 1. The van der Waals surface area contributed by atoms with Crippen LogP contribution in [-0.4, -0.2) is 70.3 Å². The average molecular weight is 313 g/mol. The third-order valence-corrected chi connectivity index (χ3v) is 6.20. The van der Waals surface area contributed by atoms with Gasteiger partial charge in [-0.25, -0.2) is 9.59 Å². The Balaban J connectivity index is 1.61. The molecule has 2 aliphatic heterocycles. The number of nitrogens with one attached hydrogen (secondary N) is 1. The van der Waals surface area contributed by atoms with E-state index in [1.807, 2.05) is 0 Å². The molecule has 2 heterocycles. The van der Waals surface area contributed by atoms with Crippen LogP contribution >= 0.6 is 11.8 Å². The zero-order chi connectivity index (χ0) is 15.0. The number of carbonyl (C=O) groups excluding carboxylic acids is 1. The Kier molecular flexibility index (Phi) is 4.31. The maximum absolute atomic E-state index is 12.5. The SMILES string of the molecule is CN1CCCC1CNC(=O)N1C(C(=O)O)CSC1C1CC1. The van der Waals surface area contributed by atoms with Crippen molar-refractivity contribution in [2.24, 2.45) is 5.92 Å². The number of carboxylic acid groups (broad SMARTS) is 1. The van der Waals surface area contributed by atoms with Gasteiger partial charge in [-0.3, -0.25) is 4.90 Å². The van der Waals surface area contributed by atoms with Crippen LogP contribution in [-0.2, 0) is 4.79 Å². The number of urea groups is 1. The molecule has 3 unspecified atom stereocenters. The molecule has 118 valence electrons. The predicted octanol–water partition coefficient (Wildman–Crippen LogP) is 1.03. The fourth-order valence-corrected chi connectivity index (χ4v) is 4.88. The van der Waals surface area contributed by atoms with E-state index in [4.69, 9.17) is 0 Å². The standard InChI is InChI=1S/C14H23N3O3S/c1-16-6-2-3-10(16)7-15-14(20)17-11(13(18)19)8-21-12(17)9-4-5-9/h9-12H,2-8H2,1H3,(H,15,20)(H,18,19). The number of thioether (sulfide) groups is 1. The number of carboxylic acids is 1. The molecule has 3 fully saturated rings. The fraction of sp³-hybridized carbons (Fsp3) is 0.857. The van der Waals surface area contributed by atoms with Gasteiger partial charge in [-0.2, -0.15) is 0 Å². The molecule has 21 heavy (non-hydrogen) atoms. The minimum absolute atomic E-state index is 0.0485. The molecule has 3 aliphatic rings. The summed E-state index contributed by atoms with van der Waals surface area (Å²) in [4.78, 5) is 27.7. The van der Waals surface area contributed by atoms with Crippen molar-refractivity contribution < 1.29 is 14.7 Å². The molecule has 0 spiro atoms. The molecule has 6 nitrogen and oxygen atoms in total. The van der Waals surface area contributed by atoms with E-state index in [0.29, 0.717) is 24.3 Å². The van der Waals surface area contributed by atoms with E-state index in [-0.39, 0.29) is 11.4 Å². The van der Waals surface area contributed by atoms with E-state index >= 15 is 0 Å². The van der Waals surface area contributed by atoms with Crippen LogP contribution in [0.25, 0.3) is 0 Å². The van der Waals surface area contributed by atoms with Crippen molar-refractivity contribution in [3.8, 4) is 0 Å². The van der Waals surface area contributed by atoms with E-state index in [0.717, 1.165) is 25.8 Å². The minimum atomic E-state index is -0.890. The Morgan fingerprint density at radius 3 is 2.67 bits per heavy atom. The van der Waals surface area contributed by atoms with Gasteiger partial charge in [0.05, 0.1) is 5.37 Å². The van der Waals surface area contributed by atoms with Crippen LogP contribution in [0.2, 0.25) is 0 Å². The molecular weight excluding hydrogens is 290 g/mol. The smallest absolute Gasteiger partial charge is 0.327 e. The van der Waals surface area contributed by atoms with Gasteiger partial charge < -0.3 is 15.3 Å². The molecule has 0 aromatic rings. The number of likely N-dealkylation sites (N-methyl/N-ethyl adjacent to an activating group) is 1. The second-order valence-electron chi connectivity index (χ2n) is 6.29. The van der Waals surface area contributed by atoms with Crippen molar-refractivity contribution >= 4 is 23.8 Å². The van der Waals surface area contributed by atoms with Gasteiger partial charge in [0.2, 0.25) is 0 Å². The molecule has 3 atom stereocenters. The van der Waals surface area contributed by atoms with Gasteiger partial charge >= 0.3 is 12.0 Å². The third-order valence-electron chi connectivity index (χ3n) is 4.74. The molecule has 3 rings (SSSR count). The number of amides is 2. The molecule has 0 aromatic heterocycles. The van der Waals surface area contributed by atoms with Crippen molar-refractivity contribution in [3.63, 3.8) is 0 Å². The average Bonchev–Trinajstić information content (AvgIpc) is 3.06. The summed E-state index contributed by atoms with van der Waals surface area (Å²) in [5, 5.41) is 12.3. The van der Waals surface area contributed by atoms with Gasteiger partial charge in [0.15, 0.2) is 0 Å². The molecular formula is C14H23N3O3S. The Morgan fingerprint density at radius 1 is 1.33 bits per heavy atom. The maximum atomic E-state index is 12.5. The maximum Gasteiger partial charge on any atom is 0.327 e. The number of aliphatic carboxylic acids is 1. The van der Waals surface area contributed by atoms with Crippen molar-refractivity contribution in [1.29, 1.82) is 0 Å². The molecule has 0 aromatic carbocycles. The van der Waals surface area contributed by atoms with E-state index < -0.39 is 12.0 Å². The molecule has 0 bridgehead atoms. The quantitative estimate of drug-likeness (QED) is 0.811. The van der Waals surface area contributed by atoms with Crippen molar-refractivity contribution in [2.75, 3.05) is 25.9 Å². The lowest BCUT2D eigenvalue weighted by molar-refractivity contribution is -0.141. The van der Waals surface area contributed by atoms with E-state index in [1.54, 1.807) is 16.7 Å². The highest BCUT2D eigenvalue weighted by Gasteiger charge is 2.48. The zero-order valence-electron chi connectivity index (χ0n) is 12.3. The van der Waals surface area contributed by atoms with Crippen molar-refractivity contribution in [2.45, 2.75) is 43.1 Å². The normalized spacial score (nSPS) is 33.4. The van der Waals surface area contributed by atoms with Gasteiger partial charge in [0, 0.05) is 18.3 Å². The van der Waals surface area contributed by atoms with Gasteiger partial charge in [0.25, 0.3) is 0 Å². The first kappa shape index (κ1) is 15.0. The summed E-state index contributed by atoms with van der Waals surface area (Å²) < 4.78 is 0. The molecule has 1 aliphatic carbocycles. The van der Waals surface area contributed by atoms with Crippen LogP contribution in [0.15, 0.2) is 0 Å². The first-order chi connectivity index (χ1) is 10.1. The minimum Gasteiger partial charge on any atom is -0.480 e. The van der Waals surface area contributed by atoms with Crippen LogP contribution in [0.5, 0.6) is 0 Å². The highest BCUT2D eigenvalue weighted by molar-refractivity contribution is 8.00. The summed E-state index contributed by atoms with van der Waals surface area (Å²) in [5.41, 5.74) is 0. The van der Waals surface area contributed by atoms with Crippen LogP contribution in [0.1, 0.15) is 25.7 Å². The summed E-state index contributed by atoms with van der Waals surface area (Å²) in [6.45, 7) is 1.68. The second-order valence-corrected chi connectivity index (χ2v) is 7.43. The molecule has 1 saturated carbocycles. The first-order valence-corrected chi connectivity index (χ1v) is 8.73. The monoisotopic (exact) mass is 313 g/mol. The highest BCUT2D eigenvalue weighted by Crippen LogP contribution is 2.45. The summed E-state index contributed by atoms with van der Waals surface area (Å²) in [5.74, 6) is 0.103. The summed E-state index contributed by atoms with van der Waals surface area (Å²) in [7, 11) is 2.07. The van der Waals surface area contributed by atoms with Crippen molar-refractivity contribution in [1.82, 2.24) is 15.1 Å². The van der Waals surface area contributed by atoms with E-state index in [1.165, 1.54) is 6.42 Å². The zero-order valence-corrected chi connectivity index (χ0v) is 13.1.